The lowest BCUT2D eigenvalue weighted by Crippen LogP contribution is -2.26. The maximum atomic E-state index is 12.3. The fraction of sp³-hybridized carbons (Fsp3) is 0.263. The number of carbonyl (C=O) groups is 2. The van der Waals surface area contributed by atoms with Crippen molar-refractivity contribution in [3.05, 3.63) is 60.2 Å². The predicted octanol–water partition coefficient (Wildman–Crippen LogP) is 3.26. The number of anilines is 1. The maximum absolute atomic E-state index is 12.3. The van der Waals surface area contributed by atoms with Gasteiger partial charge < -0.3 is 4.74 Å². The molecule has 2 rings (SSSR count). The summed E-state index contributed by atoms with van der Waals surface area (Å²) in [5.74, 6) is -0.875. The van der Waals surface area contributed by atoms with E-state index in [1.807, 2.05) is 0 Å². The van der Waals surface area contributed by atoms with Crippen LogP contribution in [0.15, 0.2) is 59.5 Å². The first-order valence-corrected chi connectivity index (χ1v) is 9.46. The minimum absolute atomic E-state index is 0.0173. The van der Waals surface area contributed by atoms with E-state index in [4.69, 9.17) is 4.74 Å². The molecule has 0 atom stereocenters. The van der Waals surface area contributed by atoms with E-state index in [1.165, 1.54) is 24.3 Å². The molecule has 0 fully saturated rings. The second kappa shape index (κ2) is 7.70. The van der Waals surface area contributed by atoms with Gasteiger partial charge in [0, 0.05) is 11.1 Å². The van der Waals surface area contributed by atoms with Gasteiger partial charge in [0.05, 0.1) is 10.5 Å². The largest absolute Gasteiger partial charge is 0.454 e. The molecule has 0 aliphatic heterocycles. The molecule has 6 nitrogen and oxygen atoms in total. The van der Waals surface area contributed by atoms with Crippen LogP contribution in [-0.2, 0) is 19.6 Å². The molecule has 0 heterocycles. The average Bonchev–Trinajstić information content (AvgIpc) is 2.59. The van der Waals surface area contributed by atoms with Crippen molar-refractivity contribution < 1.29 is 22.7 Å². The van der Waals surface area contributed by atoms with E-state index in [9.17, 15) is 18.0 Å². The molecule has 0 unspecified atom stereocenters. The van der Waals surface area contributed by atoms with Crippen molar-refractivity contribution in [3.8, 4) is 0 Å². The van der Waals surface area contributed by atoms with E-state index in [1.54, 1.807) is 51.1 Å². The number of ketones is 1. The minimum atomic E-state index is -3.76. The highest BCUT2D eigenvalue weighted by Gasteiger charge is 2.23. The lowest BCUT2D eigenvalue weighted by Gasteiger charge is -2.16. The summed E-state index contributed by atoms with van der Waals surface area (Å²) in [6.07, 6.45) is 0. The highest BCUT2D eigenvalue weighted by Crippen LogP contribution is 2.18. The molecule has 0 aliphatic carbocycles. The molecule has 0 saturated carbocycles. The molecule has 2 aromatic carbocycles. The summed E-state index contributed by atoms with van der Waals surface area (Å²) in [4.78, 5) is 23.8. The fourth-order valence-corrected chi connectivity index (χ4v) is 2.98. The van der Waals surface area contributed by atoms with Gasteiger partial charge in [-0.25, -0.2) is 13.2 Å². The van der Waals surface area contributed by atoms with Gasteiger partial charge in [0.2, 0.25) is 0 Å². The van der Waals surface area contributed by atoms with E-state index in [0.717, 1.165) is 0 Å². The van der Waals surface area contributed by atoms with E-state index >= 15 is 0 Å². The Morgan fingerprint density at radius 3 is 2.08 bits per heavy atom. The lowest BCUT2D eigenvalue weighted by molar-refractivity contribution is -0.129. The molecule has 0 aliphatic rings. The van der Waals surface area contributed by atoms with Crippen LogP contribution in [0.3, 0.4) is 0 Å². The Balaban J connectivity index is 2.05. The second-order valence-electron chi connectivity index (χ2n) is 6.75. The van der Waals surface area contributed by atoms with Crippen LogP contribution in [0.5, 0.6) is 0 Å². The Labute approximate surface area is 153 Å². The Bertz CT molecular complexity index is 882. The zero-order chi connectivity index (χ0) is 19.4. The summed E-state index contributed by atoms with van der Waals surface area (Å²) in [5, 5.41) is 0. The summed E-state index contributed by atoms with van der Waals surface area (Å²) in [7, 11) is -3.76. The van der Waals surface area contributed by atoms with Crippen LogP contribution in [0, 0.1) is 5.41 Å². The van der Waals surface area contributed by atoms with Crippen molar-refractivity contribution in [2.24, 2.45) is 5.41 Å². The van der Waals surface area contributed by atoms with E-state index in [2.05, 4.69) is 4.72 Å². The maximum Gasteiger partial charge on any atom is 0.338 e. The number of hydrogen-bond acceptors (Lipinski definition) is 5. The summed E-state index contributed by atoms with van der Waals surface area (Å²) >= 11 is 0. The zero-order valence-corrected chi connectivity index (χ0v) is 15.7. The number of rotatable bonds is 6. The number of carbonyl (C=O) groups excluding carboxylic acids is 2. The standard InChI is InChI=1S/C19H21NO5S/c1-19(2,3)17(21)13-25-18(22)14-9-11-16(12-10-14)26(23,24)20-15-7-5-4-6-8-15/h4-12,20H,13H2,1-3H3. The molecule has 0 aromatic heterocycles. The normalized spacial score (nSPS) is 11.7. The molecule has 0 spiro atoms. The number of hydrogen-bond donors (Lipinski definition) is 1. The van der Waals surface area contributed by atoms with Crippen LogP contribution in [-0.4, -0.2) is 26.8 Å². The van der Waals surface area contributed by atoms with Gasteiger partial charge in [-0.2, -0.15) is 0 Å². The van der Waals surface area contributed by atoms with Gasteiger partial charge in [-0.1, -0.05) is 39.0 Å². The first-order chi connectivity index (χ1) is 12.1. The van der Waals surface area contributed by atoms with Gasteiger partial charge >= 0.3 is 5.97 Å². The molecule has 0 radical (unpaired) electrons. The SMILES string of the molecule is CC(C)(C)C(=O)COC(=O)c1ccc(S(=O)(=O)Nc2ccccc2)cc1. The fourth-order valence-electron chi connectivity index (χ4n) is 1.92. The van der Waals surface area contributed by atoms with Gasteiger partial charge in [-0.05, 0) is 36.4 Å². The zero-order valence-electron chi connectivity index (χ0n) is 14.9. The van der Waals surface area contributed by atoms with Crippen LogP contribution in [0.1, 0.15) is 31.1 Å². The van der Waals surface area contributed by atoms with Gasteiger partial charge in [0.25, 0.3) is 10.0 Å². The van der Waals surface area contributed by atoms with E-state index < -0.39 is 21.4 Å². The third-order valence-corrected chi connectivity index (χ3v) is 4.99. The van der Waals surface area contributed by atoms with Crippen LogP contribution in [0.25, 0.3) is 0 Å². The van der Waals surface area contributed by atoms with Gasteiger partial charge in [0.1, 0.15) is 0 Å². The summed E-state index contributed by atoms with van der Waals surface area (Å²) < 4.78 is 32.1. The first-order valence-electron chi connectivity index (χ1n) is 7.98. The highest BCUT2D eigenvalue weighted by atomic mass is 32.2. The highest BCUT2D eigenvalue weighted by molar-refractivity contribution is 7.92. The van der Waals surface area contributed by atoms with E-state index in [-0.39, 0.29) is 22.8 Å². The van der Waals surface area contributed by atoms with Gasteiger partial charge in [-0.15, -0.1) is 0 Å². The van der Waals surface area contributed by atoms with Crippen molar-refractivity contribution in [1.82, 2.24) is 0 Å². The number of nitrogens with one attached hydrogen (secondary N) is 1. The third kappa shape index (κ3) is 5.16. The third-order valence-electron chi connectivity index (χ3n) is 3.60. The van der Waals surface area contributed by atoms with Crippen LogP contribution < -0.4 is 4.72 Å². The first kappa shape index (κ1) is 19.7. The Morgan fingerprint density at radius 2 is 1.54 bits per heavy atom. The molecular formula is C19H21NO5S. The topological polar surface area (TPSA) is 89.5 Å². The molecular weight excluding hydrogens is 354 g/mol. The Kier molecular flexibility index (Phi) is 5.82. The minimum Gasteiger partial charge on any atom is -0.454 e. The number of sulfonamides is 1. The Hall–Kier alpha value is -2.67. The second-order valence-corrected chi connectivity index (χ2v) is 8.43. The number of para-hydroxylation sites is 1. The molecule has 1 N–H and O–H groups in total. The summed E-state index contributed by atoms with van der Waals surface area (Å²) in [5.41, 5.74) is 0.0171. The molecule has 7 heteroatoms. The quantitative estimate of drug-likeness (QED) is 0.783. The smallest absolute Gasteiger partial charge is 0.338 e. The van der Waals surface area contributed by atoms with Crippen molar-refractivity contribution >= 4 is 27.5 Å². The van der Waals surface area contributed by atoms with Crippen molar-refractivity contribution in [1.29, 1.82) is 0 Å². The van der Waals surface area contributed by atoms with Crippen molar-refractivity contribution in [2.45, 2.75) is 25.7 Å². The average molecular weight is 375 g/mol. The molecule has 2 aromatic rings. The number of ether oxygens (including phenoxy) is 1. The van der Waals surface area contributed by atoms with Crippen LogP contribution in [0.2, 0.25) is 0 Å². The van der Waals surface area contributed by atoms with Gasteiger partial charge in [-0.3, -0.25) is 9.52 Å². The molecule has 138 valence electrons. The number of esters is 1. The lowest BCUT2D eigenvalue weighted by atomic mass is 9.91. The van der Waals surface area contributed by atoms with Crippen molar-refractivity contribution in [3.63, 3.8) is 0 Å². The van der Waals surface area contributed by atoms with Crippen LogP contribution >= 0.6 is 0 Å². The summed E-state index contributed by atoms with van der Waals surface area (Å²) in [6.45, 7) is 4.89. The molecule has 0 bridgehead atoms. The molecule has 0 amide bonds. The van der Waals surface area contributed by atoms with Gasteiger partial charge in [0.15, 0.2) is 12.4 Å². The van der Waals surface area contributed by atoms with Crippen LogP contribution in [0.4, 0.5) is 5.69 Å². The Morgan fingerprint density at radius 1 is 0.962 bits per heavy atom. The van der Waals surface area contributed by atoms with Crippen molar-refractivity contribution in [2.75, 3.05) is 11.3 Å². The summed E-state index contributed by atoms with van der Waals surface area (Å²) in [6, 6.07) is 13.8. The molecule has 0 saturated heterocycles. The monoisotopic (exact) mass is 375 g/mol. The number of Topliss-reactive ketones (excluding diaryl/α,β-unsaturated/α-hetero) is 1. The number of benzene rings is 2. The van der Waals surface area contributed by atoms with E-state index in [0.29, 0.717) is 5.69 Å². The predicted molar refractivity (Wildman–Crippen MR) is 98.4 cm³/mol. The molecule has 26 heavy (non-hydrogen) atoms.